The zero-order valence-corrected chi connectivity index (χ0v) is 12.3. The maximum atomic E-state index is 13.8. The van der Waals surface area contributed by atoms with Crippen molar-refractivity contribution in [1.82, 2.24) is 0 Å². The van der Waals surface area contributed by atoms with Gasteiger partial charge >= 0.3 is 0 Å². The normalized spacial score (nSPS) is 10.8. The van der Waals surface area contributed by atoms with Crippen LogP contribution in [0.3, 0.4) is 0 Å². The quantitative estimate of drug-likeness (QED) is 0.726. The highest BCUT2D eigenvalue weighted by Crippen LogP contribution is 2.23. The summed E-state index contributed by atoms with van der Waals surface area (Å²) in [6.07, 6.45) is 0. The molecule has 0 atom stereocenters. The van der Waals surface area contributed by atoms with E-state index in [0.29, 0.717) is 11.8 Å². The minimum absolute atomic E-state index is 0.203. The van der Waals surface area contributed by atoms with Gasteiger partial charge in [0.05, 0.1) is 5.39 Å². The first-order valence-electron chi connectivity index (χ1n) is 6.87. The second-order valence-electron chi connectivity index (χ2n) is 5.05. The van der Waals surface area contributed by atoms with E-state index in [1.165, 1.54) is 6.92 Å². The van der Waals surface area contributed by atoms with Gasteiger partial charge in [0.2, 0.25) is 11.2 Å². The Hall–Kier alpha value is -3.09. The highest BCUT2D eigenvalue weighted by Gasteiger charge is 2.23. The second kappa shape index (κ2) is 5.84. The van der Waals surface area contributed by atoms with Gasteiger partial charge in [-0.15, -0.1) is 0 Å². The number of amides is 1. The van der Waals surface area contributed by atoms with E-state index in [-0.39, 0.29) is 5.76 Å². The zero-order chi connectivity index (χ0) is 17.4. The van der Waals surface area contributed by atoms with E-state index in [4.69, 9.17) is 4.42 Å². The van der Waals surface area contributed by atoms with Crippen LogP contribution in [0.25, 0.3) is 11.0 Å². The van der Waals surface area contributed by atoms with Crippen molar-refractivity contribution in [1.29, 1.82) is 0 Å². The fourth-order valence-corrected chi connectivity index (χ4v) is 2.32. The average molecular weight is 333 g/mol. The van der Waals surface area contributed by atoms with Gasteiger partial charge in [0.25, 0.3) is 5.91 Å². The summed E-state index contributed by atoms with van der Waals surface area (Å²) in [5.41, 5.74) is -1.65. The van der Waals surface area contributed by atoms with E-state index >= 15 is 0 Å². The number of fused-ring (bicyclic) bond motifs is 1. The molecule has 4 nitrogen and oxygen atoms in total. The lowest BCUT2D eigenvalue weighted by Gasteiger charge is -2.09. The highest BCUT2D eigenvalue weighted by atomic mass is 19.2. The van der Waals surface area contributed by atoms with Gasteiger partial charge in [-0.25, -0.2) is 8.78 Å². The van der Waals surface area contributed by atoms with Gasteiger partial charge in [-0.2, -0.15) is 4.39 Å². The monoisotopic (exact) mass is 333 g/mol. The molecule has 0 aliphatic carbocycles. The highest BCUT2D eigenvalue weighted by molar-refractivity contribution is 6.06. The van der Waals surface area contributed by atoms with E-state index < -0.39 is 45.3 Å². The SMILES string of the molecule is Cc1oc2c(F)c(F)c(F)cc2c(=O)c1C(=O)Nc1ccccc1. The van der Waals surface area contributed by atoms with Gasteiger partial charge in [-0.1, -0.05) is 18.2 Å². The molecule has 1 heterocycles. The first-order valence-corrected chi connectivity index (χ1v) is 6.87. The van der Waals surface area contributed by atoms with Crippen molar-refractivity contribution >= 4 is 22.6 Å². The molecule has 0 unspecified atom stereocenters. The summed E-state index contributed by atoms with van der Waals surface area (Å²) in [5.74, 6) is -5.89. The zero-order valence-electron chi connectivity index (χ0n) is 12.3. The number of halogens is 3. The van der Waals surface area contributed by atoms with Crippen LogP contribution in [0.15, 0.2) is 45.6 Å². The molecule has 0 aliphatic heterocycles. The first kappa shape index (κ1) is 15.8. The Morgan fingerprint density at radius 3 is 2.42 bits per heavy atom. The molecule has 24 heavy (non-hydrogen) atoms. The van der Waals surface area contributed by atoms with E-state index in [2.05, 4.69) is 5.32 Å². The summed E-state index contributed by atoms with van der Waals surface area (Å²) >= 11 is 0. The Morgan fingerprint density at radius 1 is 1.08 bits per heavy atom. The lowest BCUT2D eigenvalue weighted by Crippen LogP contribution is -2.23. The second-order valence-corrected chi connectivity index (χ2v) is 5.05. The molecule has 1 N–H and O–H groups in total. The number of rotatable bonds is 2. The number of anilines is 1. The van der Waals surface area contributed by atoms with Crippen molar-refractivity contribution < 1.29 is 22.4 Å². The number of carbonyl (C=O) groups excluding carboxylic acids is 1. The van der Waals surface area contributed by atoms with Crippen LogP contribution in [0.2, 0.25) is 0 Å². The number of nitrogens with one attached hydrogen (secondary N) is 1. The van der Waals surface area contributed by atoms with E-state index in [0.717, 1.165) is 0 Å². The third-order valence-electron chi connectivity index (χ3n) is 3.46. The standard InChI is InChI=1S/C17H10F3NO3/c1-8-12(17(23)21-9-5-3-2-4-6-9)15(22)10-7-11(18)13(19)14(20)16(10)24-8/h2-7H,1H3,(H,21,23). The summed E-state index contributed by atoms with van der Waals surface area (Å²) in [7, 11) is 0. The first-order chi connectivity index (χ1) is 11.4. The third-order valence-corrected chi connectivity index (χ3v) is 3.46. The van der Waals surface area contributed by atoms with Crippen LogP contribution in [-0.4, -0.2) is 5.91 Å². The smallest absolute Gasteiger partial charge is 0.263 e. The molecule has 0 saturated carbocycles. The Kier molecular flexibility index (Phi) is 3.84. The summed E-state index contributed by atoms with van der Waals surface area (Å²) in [5, 5.41) is 1.94. The predicted octanol–water partition coefficient (Wildman–Crippen LogP) is 3.77. The van der Waals surface area contributed by atoms with Gasteiger partial charge in [0.1, 0.15) is 11.3 Å². The summed E-state index contributed by atoms with van der Waals surface area (Å²) < 4.78 is 45.5. The number of benzene rings is 2. The van der Waals surface area contributed by atoms with Gasteiger partial charge in [-0.05, 0) is 25.1 Å². The Labute approximate surface area is 133 Å². The Bertz CT molecular complexity index is 1010. The van der Waals surface area contributed by atoms with Crippen LogP contribution in [0, 0.1) is 24.4 Å². The van der Waals surface area contributed by atoms with Crippen molar-refractivity contribution in [3.05, 3.63) is 75.4 Å². The fraction of sp³-hybridized carbons (Fsp3) is 0.0588. The minimum atomic E-state index is -1.74. The molecule has 0 bridgehead atoms. The fourth-order valence-electron chi connectivity index (χ4n) is 2.32. The summed E-state index contributed by atoms with van der Waals surface area (Å²) in [4.78, 5) is 24.7. The van der Waals surface area contributed by atoms with Crippen molar-refractivity contribution in [3.8, 4) is 0 Å². The maximum Gasteiger partial charge on any atom is 0.263 e. The summed E-state index contributed by atoms with van der Waals surface area (Å²) in [6.45, 7) is 1.27. The molecule has 122 valence electrons. The van der Waals surface area contributed by atoms with Crippen LogP contribution >= 0.6 is 0 Å². The van der Waals surface area contributed by atoms with E-state index in [1.807, 2.05) is 0 Å². The number of hydrogen-bond donors (Lipinski definition) is 1. The Morgan fingerprint density at radius 2 is 1.75 bits per heavy atom. The van der Waals surface area contributed by atoms with Crippen molar-refractivity contribution in [2.75, 3.05) is 5.32 Å². The van der Waals surface area contributed by atoms with Crippen LogP contribution in [0.4, 0.5) is 18.9 Å². The molecule has 1 aromatic heterocycles. The maximum absolute atomic E-state index is 13.8. The lowest BCUT2D eigenvalue weighted by molar-refractivity contribution is 0.102. The molecule has 7 heteroatoms. The molecule has 0 spiro atoms. The van der Waals surface area contributed by atoms with Crippen LogP contribution in [-0.2, 0) is 0 Å². The van der Waals surface area contributed by atoms with Gasteiger partial charge < -0.3 is 9.73 Å². The van der Waals surface area contributed by atoms with Crippen LogP contribution in [0.1, 0.15) is 16.1 Å². The molecule has 2 aromatic carbocycles. The molecular formula is C17H10F3NO3. The number of hydrogen-bond acceptors (Lipinski definition) is 3. The van der Waals surface area contributed by atoms with Crippen LogP contribution in [0.5, 0.6) is 0 Å². The van der Waals surface area contributed by atoms with E-state index in [9.17, 15) is 22.8 Å². The van der Waals surface area contributed by atoms with Gasteiger partial charge in [0, 0.05) is 5.69 Å². The largest absolute Gasteiger partial charge is 0.457 e. The molecule has 0 radical (unpaired) electrons. The number of aryl methyl sites for hydroxylation is 1. The summed E-state index contributed by atoms with van der Waals surface area (Å²) in [6, 6.07) is 8.82. The van der Waals surface area contributed by atoms with Gasteiger partial charge in [0.15, 0.2) is 17.2 Å². The molecule has 1 amide bonds. The molecule has 0 saturated heterocycles. The molecule has 3 aromatic rings. The average Bonchev–Trinajstić information content (AvgIpc) is 2.55. The molecule has 0 aliphatic rings. The molecule has 0 fully saturated rings. The molecule has 3 rings (SSSR count). The van der Waals surface area contributed by atoms with E-state index in [1.54, 1.807) is 30.3 Å². The molecular weight excluding hydrogens is 323 g/mol. The topological polar surface area (TPSA) is 59.3 Å². The third kappa shape index (κ3) is 2.54. The minimum Gasteiger partial charge on any atom is -0.457 e. The Balaban J connectivity index is 2.17. The van der Waals surface area contributed by atoms with Crippen molar-refractivity contribution in [3.63, 3.8) is 0 Å². The number of carbonyl (C=O) groups is 1. The van der Waals surface area contributed by atoms with Crippen LogP contribution < -0.4 is 10.7 Å². The van der Waals surface area contributed by atoms with Crippen molar-refractivity contribution in [2.24, 2.45) is 0 Å². The predicted molar refractivity (Wildman–Crippen MR) is 81.5 cm³/mol. The van der Waals surface area contributed by atoms with Gasteiger partial charge in [-0.3, -0.25) is 9.59 Å². The lowest BCUT2D eigenvalue weighted by atomic mass is 10.1. The number of para-hydroxylation sites is 1. The van der Waals surface area contributed by atoms with Crippen molar-refractivity contribution in [2.45, 2.75) is 6.92 Å².